The van der Waals surface area contributed by atoms with Gasteiger partial charge in [-0.15, -0.1) is 0 Å². The van der Waals surface area contributed by atoms with Crippen LogP contribution < -0.4 is 5.32 Å². The first kappa shape index (κ1) is 12.2. The van der Waals surface area contributed by atoms with Gasteiger partial charge in [0, 0.05) is 23.8 Å². The molecule has 0 spiro atoms. The van der Waals surface area contributed by atoms with Gasteiger partial charge < -0.3 is 9.47 Å². The Labute approximate surface area is 125 Å². The van der Waals surface area contributed by atoms with Gasteiger partial charge in [0.2, 0.25) is 0 Å². The number of carbonyl (C=O) groups is 1. The first-order valence-corrected chi connectivity index (χ1v) is 7.48. The van der Waals surface area contributed by atoms with Crippen LogP contribution in [-0.4, -0.2) is 28.5 Å². The van der Waals surface area contributed by atoms with Gasteiger partial charge >= 0.3 is 0 Å². The Balaban J connectivity index is 1.87. The van der Waals surface area contributed by atoms with E-state index < -0.39 is 5.66 Å². The molecule has 102 valence electrons. The van der Waals surface area contributed by atoms with Crippen LogP contribution in [0.2, 0.25) is 0 Å². The van der Waals surface area contributed by atoms with Crippen LogP contribution in [0.3, 0.4) is 0 Å². The van der Waals surface area contributed by atoms with Crippen molar-refractivity contribution in [2.24, 2.45) is 0 Å². The Bertz CT molecular complexity index is 679. The zero-order valence-electron chi connectivity index (χ0n) is 10.8. The molecule has 0 aliphatic carbocycles. The molecule has 4 nitrogen and oxygen atoms in total. The van der Waals surface area contributed by atoms with E-state index in [1.165, 1.54) is 0 Å². The molecule has 1 amide bonds. The van der Waals surface area contributed by atoms with E-state index in [9.17, 15) is 4.79 Å². The number of benzene rings is 1. The molecule has 0 bridgehead atoms. The van der Waals surface area contributed by atoms with Crippen LogP contribution in [-0.2, 0) is 12.2 Å². The SMILES string of the molecule is O=C1c2cccn2CC2(c3ccc(Br)cc3)NCCN12. The zero-order valence-corrected chi connectivity index (χ0v) is 12.4. The van der Waals surface area contributed by atoms with Gasteiger partial charge in [-0.1, -0.05) is 28.1 Å². The molecule has 2 aliphatic rings. The fourth-order valence-corrected chi connectivity index (χ4v) is 3.55. The predicted molar refractivity (Wildman–Crippen MR) is 79.3 cm³/mol. The van der Waals surface area contributed by atoms with Gasteiger partial charge in [-0.25, -0.2) is 0 Å². The number of hydrogen-bond donors (Lipinski definition) is 1. The number of nitrogens with zero attached hydrogens (tertiary/aromatic N) is 2. The van der Waals surface area contributed by atoms with E-state index in [0.717, 1.165) is 35.4 Å². The maximum absolute atomic E-state index is 12.7. The monoisotopic (exact) mass is 331 g/mol. The van der Waals surface area contributed by atoms with Gasteiger partial charge in [0.1, 0.15) is 11.4 Å². The van der Waals surface area contributed by atoms with E-state index in [0.29, 0.717) is 0 Å². The first-order chi connectivity index (χ1) is 9.71. The van der Waals surface area contributed by atoms with Crippen LogP contribution in [0.1, 0.15) is 16.1 Å². The number of nitrogens with one attached hydrogen (secondary N) is 1. The Morgan fingerprint density at radius 2 is 2.00 bits per heavy atom. The van der Waals surface area contributed by atoms with Crippen molar-refractivity contribution >= 4 is 21.8 Å². The molecule has 1 N–H and O–H groups in total. The van der Waals surface area contributed by atoms with Crippen molar-refractivity contribution in [2.45, 2.75) is 12.2 Å². The van der Waals surface area contributed by atoms with Crippen molar-refractivity contribution < 1.29 is 4.79 Å². The highest BCUT2D eigenvalue weighted by Gasteiger charge is 2.49. The highest BCUT2D eigenvalue weighted by atomic mass is 79.9. The molecule has 1 unspecified atom stereocenters. The van der Waals surface area contributed by atoms with E-state index in [1.54, 1.807) is 0 Å². The molecular weight excluding hydrogens is 318 g/mol. The molecule has 1 atom stereocenters. The smallest absolute Gasteiger partial charge is 0.272 e. The average Bonchev–Trinajstić information content (AvgIpc) is 3.07. The van der Waals surface area contributed by atoms with Gasteiger partial charge in [-0.2, -0.15) is 0 Å². The largest absolute Gasteiger partial charge is 0.339 e. The van der Waals surface area contributed by atoms with Crippen LogP contribution >= 0.6 is 15.9 Å². The Hall–Kier alpha value is -1.59. The third kappa shape index (κ3) is 1.53. The van der Waals surface area contributed by atoms with Crippen molar-refractivity contribution in [1.82, 2.24) is 14.8 Å². The van der Waals surface area contributed by atoms with Crippen LogP contribution in [0.25, 0.3) is 0 Å². The minimum atomic E-state index is -0.413. The standard InChI is InChI=1S/C15H14BrN3O/c16-12-5-3-11(4-6-12)15-10-18-8-1-2-13(18)14(20)19(15)9-7-17-15/h1-6,8,17H,7,9-10H2. The lowest BCUT2D eigenvalue weighted by Crippen LogP contribution is -2.57. The van der Waals surface area contributed by atoms with Crippen LogP contribution in [0.4, 0.5) is 0 Å². The molecule has 5 heteroatoms. The van der Waals surface area contributed by atoms with Gasteiger partial charge in [-0.05, 0) is 29.8 Å². The summed E-state index contributed by atoms with van der Waals surface area (Å²) < 4.78 is 3.09. The van der Waals surface area contributed by atoms with Crippen molar-refractivity contribution in [1.29, 1.82) is 0 Å². The fraction of sp³-hybridized carbons (Fsp3) is 0.267. The van der Waals surface area contributed by atoms with Gasteiger partial charge in [0.15, 0.2) is 0 Å². The predicted octanol–water partition coefficient (Wildman–Crippen LogP) is 2.16. The second-order valence-electron chi connectivity index (χ2n) is 5.27. The van der Waals surface area contributed by atoms with Gasteiger partial charge in [-0.3, -0.25) is 10.1 Å². The van der Waals surface area contributed by atoms with Crippen LogP contribution in [0.5, 0.6) is 0 Å². The highest BCUT2D eigenvalue weighted by molar-refractivity contribution is 9.10. The summed E-state index contributed by atoms with van der Waals surface area (Å²) in [6, 6.07) is 12.0. The number of aromatic nitrogens is 1. The van der Waals surface area contributed by atoms with E-state index in [2.05, 4.69) is 33.4 Å². The lowest BCUT2D eigenvalue weighted by molar-refractivity contribution is 0.0398. The summed E-state index contributed by atoms with van der Waals surface area (Å²) >= 11 is 3.47. The first-order valence-electron chi connectivity index (χ1n) is 6.69. The maximum atomic E-state index is 12.7. The molecule has 2 aromatic rings. The summed E-state index contributed by atoms with van der Waals surface area (Å²) in [5.41, 5.74) is 1.50. The molecular formula is C15H14BrN3O. The molecule has 0 radical (unpaired) electrons. The van der Waals surface area contributed by atoms with Crippen molar-refractivity contribution in [3.05, 3.63) is 58.3 Å². The zero-order chi connectivity index (χ0) is 13.7. The quantitative estimate of drug-likeness (QED) is 0.869. The van der Waals surface area contributed by atoms with Crippen molar-refractivity contribution in [2.75, 3.05) is 13.1 Å². The maximum Gasteiger partial charge on any atom is 0.272 e. The molecule has 1 saturated heterocycles. The Morgan fingerprint density at radius 1 is 1.20 bits per heavy atom. The number of hydrogen-bond acceptors (Lipinski definition) is 2. The molecule has 1 fully saturated rings. The lowest BCUT2D eigenvalue weighted by atomic mass is 9.96. The number of amides is 1. The lowest BCUT2D eigenvalue weighted by Gasteiger charge is -2.43. The van der Waals surface area contributed by atoms with Crippen molar-refractivity contribution in [3.8, 4) is 0 Å². The molecule has 3 heterocycles. The number of halogens is 1. The van der Waals surface area contributed by atoms with Crippen LogP contribution in [0.15, 0.2) is 47.1 Å². The summed E-state index contributed by atoms with van der Waals surface area (Å²) in [4.78, 5) is 14.6. The van der Waals surface area contributed by atoms with E-state index >= 15 is 0 Å². The molecule has 1 aromatic heterocycles. The third-order valence-corrected chi connectivity index (χ3v) is 4.76. The molecule has 20 heavy (non-hydrogen) atoms. The molecule has 4 rings (SSSR count). The van der Waals surface area contributed by atoms with Crippen LogP contribution in [0, 0.1) is 0 Å². The summed E-state index contributed by atoms with van der Waals surface area (Å²) in [5.74, 6) is 0.106. The summed E-state index contributed by atoms with van der Waals surface area (Å²) in [6.07, 6.45) is 1.98. The van der Waals surface area contributed by atoms with E-state index in [-0.39, 0.29) is 5.91 Å². The van der Waals surface area contributed by atoms with Crippen molar-refractivity contribution in [3.63, 3.8) is 0 Å². The summed E-state index contributed by atoms with van der Waals surface area (Å²) in [7, 11) is 0. The minimum absolute atomic E-state index is 0.106. The second kappa shape index (κ2) is 4.20. The summed E-state index contributed by atoms with van der Waals surface area (Å²) in [5, 5.41) is 3.54. The third-order valence-electron chi connectivity index (χ3n) is 4.23. The number of fused-ring (bicyclic) bond motifs is 2. The van der Waals surface area contributed by atoms with E-state index in [4.69, 9.17) is 0 Å². The highest BCUT2D eigenvalue weighted by Crippen LogP contribution is 2.36. The minimum Gasteiger partial charge on any atom is -0.339 e. The molecule has 2 aliphatic heterocycles. The van der Waals surface area contributed by atoms with Gasteiger partial charge in [0.05, 0.1) is 6.54 Å². The average molecular weight is 332 g/mol. The number of carbonyl (C=O) groups excluding carboxylic acids is 1. The second-order valence-corrected chi connectivity index (χ2v) is 6.19. The van der Waals surface area contributed by atoms with E-state index in [1.807, 2.05) is 39.9 Å². The Kier molecular flexibility index (Phi) is 2.56. The molecule has 1 aromatic carbocycles. The summed E-state index contributed by atoms with van der Waals surface area (Å²) in [6.45, 7) is 2.33. The Morgan fingerprint density at radius 3 is 2.80 bits per heavy atom. The fourth-order valence-electron chi connectivity index (χ4n) is 3.28. The normalized spacial score (nSPS) is 24.6. The number of rotatable bonds is 1. The molecule has 0 saturated carbocycles. The van der Waals surface area contributed by atoms with Gasteiger partial charge in [0.25, 0.3) is 5.91 Å². The topological polar surface area (TPSA) is 37.3 Å².